The summed E-state index contributed by atoms with van der Waals surface area (Å²) in [5.41, 5.74) is 6.60. The molecule has 0 spiro atoms. The van der Waals surface area contributed by atoms with Gasteiger partial charge in [0.25, 0.3) is 0 Å². The van der Waals surface area contributed by atoms with Crippen molar-refractivity contribution in [3.05, 3.63) is 72.3 Å². The maximum absolute atomic E-state index is 14.2. The Morgan fingerprint density at radius 2 is 0.939 bits per heavy atom. The molecule has 5 aromatic rings. The monoisotopic (exact) mass is 905 g/mol. The molecule has 2 fully saturated rings. The van der Waals surface area contributed by atoms with Crippen LogP contribution < -0.4 is 0 Å². The average Bonchev–Trinajstić information content (AvgIpc) is 4.07. The van der Waals surface area contributed by atoms with Crippen molar-refractivity contribution in [2.24, 2.45) is 23.7 Å². The van der Waals surface area contributed by atoms with Crippen molar-refractivity contribution in [1.82, 2.24) is 29.7 Å². The number of likely N-dealkylation sites (tertiary alicyclic amines) is 2. The van der Waals surface area contributed by atoms with E-state index in [2.05, 4.69) is 58.5 Å². The lowest BCUT2D eigenvalue weighted by molar-refractivity contribution is -0.149. The number of methoxy groups -OCH3 is 2. The Balaban J connectivity index is 1.11. The minimum absolute atomic E-state index is 0.0137. The number of nitrogens with zero attached hydrogens (tertiary/aromatic N) is 4. The van der Waals surface area contributed by atoms with Gasteiger partial charge in [0, 0.05) is 25.9 Å². The summed E-state index contributed by atoms with van der Waals surface area (Å²) in [7, 11) is 2.70. The largest absolute Gasteiger partial charge is 0.469 e. The van der Waals surface area contributed by atoms with Crippen molar-refractivity contribution < 1.29 is 38.1 Å². The smallest absolute Gasteiger partial charge is 0.306 e. The zero-order chi connectivity index (χ0) is 47.8. The van der Waals surface area contributed by atoms with Gasteiger partial charge in [-0.2, -0.15) is 0 Å². The maximum Gasteiger partial charge on any atom is 0.306 e. The van der Waals surface area contributed by atoms with Gasteiger partial charge in [-0.15, -0.1) is 0 Å². The van der Waals surface area contributed by atoms with Gasteiger partial charge < -0.3 is 38.7 Å². The Labute approximate surface area is 388 Å². The highest BCUT2D eigenvalue weighted by Crippen LogP contribution is 2.40. The Hall–Kier alpha value is -5.60. The summed E-state index contributed by atoms with van der Waals surface area (Å²) < 4.78 is 22.7. The van der Waals surface area contributed by atoms with E-state index in [1.165, 1.54) is 14.2 Å². The van der Waals surface area contributed by atoms with Gasteiger partial charge in [0.05, 0.1) is 96.5 Å². The number of rotatable bonds is 14. The van der Waals surface area contributed by atoms with Crippen LogP contribution >= 0.6 is 0 Å². The number of carbonyl (C=O) groups excluding carboxylic acids is 4. The molecular weight excluding hydrogens is 837 g/mol. The molecule has 2 amide bonds. The standard InChI is InChI=1S/C52H68N6O8/c1-29(2)37(25-45(59)63-11)49(61)57-27-35(65-51(5,6)7)23-43(57)47-53-39-19-17-33(21-41(39)55-47)31-13-15-32(16-14-31)34-18-20-40-42(22-34)56-48(54-40)44-24-36(66-52(8,9)10)28-58(44)50(62)38(30(3)4)26-46(60)64-12/h13-22,29-30,35-38,43-44H,23-28H2,1-12H3,(H,53,55)(H,54,56)/t35-,36-,37+,38+,43+,44?/m1/s1. The van der Waals surface area contributed by atoms with Gasteiger partial charge in [-0.3, -0.25) is 19.2 Å². The molecule has 3 aromatic carbocycles. The van der Waals surface area contributed by atoms with Crippen molar-refractivity contribution in [2.45, 2.75) is 130 Å². The number of imidazole rings is 2. The number of H-pyrrole nitrogens is 2. The van der Waals surface area contributed by atoms with E-state index in [1.54, 1.807) is 0 Å². The number of carbonyl (C=O) groups is 4. The van der Waals surface area contributed by atoms with Crippen molar-refractivity contribution in [3.8, 4) is 22.3 Å². The van der Waals surface area contributed by atoms with E-state index < -0.39 is 35.0 Å². The molecule has 1 unspecified atom stereocenters. The second-order valence-corrected chi connectivity index (χ2v) is 20.7. The van der Waals surface area contributed by atoms with Crippen LogP contribution in [0.4, 0.5) is 0 Å². The van der Waals surface area contributed by atoms with Gasteiger partial charge in [-0.25, -0.2) is 9.97 Å². The van der Waals surface area contributed by atoms with Crippen LogP contribution in [0.25, 0.3) is 44.3 Å². The molecule has 14 nitrogen and oxygen atoms in total. The van der Waals surface area contributed by atoms with Gasteiger partial charge in [0.2, 0.25) is 11.8 Å². The molecule has 6 atom stereocenters. The molecule has 0 aliphatic carbocycles. The Morgan fingerprint density at radius 3 is 1.26 bits per heavy atom. The third-order valence-corrected chi connectivity index (χ3v) is 12.8. The van der Waals surface area contributed by atoms with E-state index in [4.69, 9.17) is 28.9 Å². The third kappa shape index (κ3) is 11.0. The summed E-state index contributed by atoms with van der Waals surface area (Å²) in [6, 6.07) is 20.0. The predicted molar refractivity (Wildman–Crippen MR) is 254 cm³/mol. The van der Waals surface area contributed by atoms with Crippen molar-refractivity contribution in [2.75, 3.05) is 27.3 Å². The number of amides is 2. The first-order chi connectivity index (χ1) is 31.1. The fraction of sp³-hybridized carbons (Fsp3) is 0.538. The minimum atomic E-state index is -0.530. The molecule has 2 aliphatic heterocycles. The van der Waals surface area contributed by atoms with Crippen molar-refractivity contribution in [1.29, 1.82) is 0 Å². The maximum atomic E-state index is 14.2. The van der Waals surface area contributed by atoms with Crippen molar-refractivity contribution in [3.63, 3.8) is 0 Å². The van der Waals surface area contributed by atoms with Crippen LogP contribution in [0, 0.1) is 23.7 Å². The van der Waals surface area contributed by atoms with Gasteiger partial charge in [0.15, 0.2) is 0 Å². The highest BCUT2D eigenvalue weighted by Gasteiger charge is 2.44. The molecule has 4 heterocycles. The minimum Gasteiger partial charge on any atom is -0.469 e. The van der Waals surface area contributed by atoms with Crippen LogP contribution in [0.5, 0.6) is 0 Å². The highest BCUT2D eigenvalue weighted by molar-refractivity contribution is 5.87. The molecule has 14 heteroatoms. The van der Waals surface area contributed by atoms with Crippen molar-refractivity contribution >= 4 is 45.8 Å². The number of aromatic amines is 2. The Kier molecular flexibility index (Phi) is 14.1. The van der Waals surface area contributed by atoms with Crippen LogP contribution in [0.15, 0.2) is 60.7 Å². The number of ether oxygens (including phenoxy) is 4. The molecule has 2 aromatic heterocycles. The van der Waals surface area contributed by atoms with Crippen LogP contribution in [0.3, 0.4) is 0 Å². The summed E-state index contributed by atoms with van der Waals surface area (Å²) in [6.07, 6.45) is 0.796. The first-order valence-corrected chi connectivity index (χ1v) is 23.3. The summed E-state index contributed by atoms with van der Waals surface area (Å²) in [5.74, 6) is -0.834. The molecule has 2 aliphatic rings. The first kappa shape index (κ1) is 48.3. The molecule has 2 N–H and O–H groups in total. The molecule has 354 valence electrons. The van der Waals surface area contributed by atoms with Gasteiger partial charge >= 0.3 is 11.9 Å². The number of nitrogens with one attached hydrogen (secondary N) is 2. The number of aromatic nitrogens is 4. The fourth-order valence-corrected chi connectivity index (χ4v) is 9.53. The second-order valence-electron chi connectivity index (χ2n) is 20.7. The fourth-order valence-electron chi connectivity index (χ4n) is 9.53. The van der Waals surface area contributed by atoms with E-state index in [1.807, 2.05) is 91.2 Å². The number of benzene rings is 3. The first-order valence-electron chi connectivity index (χ1n) is 23.3. The number of fused-ring (bicyclic) bond motifs is 2. The zero-order valence-corrected chi connectivity index (χ0v) is 40.7. The van der Waals surface area contributed by atoms with E-state index in [0.29, 0.717) is 37.6 Å². The molecule has 0 radical (unpaired) electrons. The van der Waals surface area contributed by atoms with Crippen LogP contribution in [0.1, 0.15) is 119 Å². The third-order valence-electron chi connectivity index (χ3n) is 12.8. The second kappa shape index (κ2) is 19.3. The predicted octanol–water partition coefficient (Wildman–Crippen LogP) is 9.36. The molecule has 7 rings (SSSR count). The SMILES string of the molecule is COC(=O)C[C@H](C(=O)N1C[C@H](OC(C)(C)C)CC1c1nc2ccc(-c3ccc(-c4ccc5nc([C@@H]6C[C@@H](OC(C)(C)C)CN6C(=O)[C@@H](CC(=O)OC)C(C)C)[nH]c5c4)cc3)cc2[nH]1)C(C)C. The number of hydrogen-bond donors (Lipinski definition) is 2. The lowest BCUT2D eigenvalue weighted by atomic mass is 9.91. The number of hydrogen-bond acceptors (Lipinski definition) is 10. The van der Waals surface area contributed by atoms with Gasteiger partial charge in [-0.05, 0) is 99.9 Å². The Bertz CT molecular complexity index is 2370. The number of esters is 2. The van der Waals surface area contributed by atoms with E-state index >= 15 is 0 Å². The summed E-state index contributed by atoms with van der Waals surface area (Å²) >= 11 is 0. The Morgan fingerprint density at radius 1 is 0.591 bits per heavy atom. The quantitative estimate of drug-likeness (QED) is 0.102. The lowest BCUT2D eigenvalue weighted by Crippen LogP contribution is -2.40. The molecular formula is C52H68N6O8. The van der Waals surface area contributed by atoms with Gasteiger partial charge in [-0.1, -0.05) is 64.1 Å². The molecule has 0 bridgehead atoms. The van der Waals surface area contributed by atoms with Gasteiger partial charge in [0.1, 0.15) is 11.6 Å². The zero-order valence-electron chi connectivity index (χ0n) is 40.7. The molecule has 66 heavy (non-hydrogen) atoms. The summed E-state index contributed by atoms with van der Waals surface area (Å²) in [4.78, 5) is 73.8. The highest BCUT2D eigenvalue weighted by atomic mass is 16.5. The van der Waals surface area contributed by atoms with E-state index in [9.17, 15) is 19.2 Å². The summed E-state index contributed by atoms with van der Waals surface area (Å²) in [6.45, 7) is 20.7. The van der Waals surface area contributed by atoms with Crippen LogP contribution in [0.2, 0.25) is 0 Å². The van der Waals surface area contributed by atoms with Crippen LogP contribution in [-0.2, 0) is 38.1 Å². The molecule has 0 saturated carbocycles. The van der Waals surface area contributed by atoms with E-state index in [-0.39, 0.29) is 60.8 Å². The van der Waals surface area contributed by atoms with Crippen LogP contribution in [-0.4, -0.2) is 104 Å². The normalized spacial score (nSPS) is 20.2. The topological polar surface area (TPSA) is 169 Å². The lowest BCUT2D eigenvalue weighted by Gasteiger charge is -2.29. The molecule has 2 saturated heterocycles. The summed E-state index contributed by atoms with van der Waals surface area (Å²) in [5, 5.41) is 0. The van der Waals surface area contributed by atoms with E-state index in [0.717, 1.165) is 44.3 Å². The average molecular weight is 905 g/mol.